The Bertz CT molecular complexity index is 975. The smallest absolute Gasteiger partial charge is 0.277 e. The van der Waals surface area contributed by atoms with E-state index in [2.05, 4.69) is 15.6 Å². The van der Waals surface area contributed by atoms with Gasteiger partial charge in [0.15, 0.2) is 11.5 Å². The number of nitrogens with zero attached hydrogens (tertiary/aromatic N) is 4. The summed E-state index contributed by atoms with van der Waals surface area (Å²) in [5.41, 5.74) is 1.18. The Kier molecular flexibility index (Phi) is 5.02. The molecule has 2 heterocycles. The lowest BCUT2D eigenvalue weighted by atomic mass is 10.1. The average molecular weight is 371 g/mol. The first-order valence-corrected chi connectivity index (χ1v) is 8.22. The molecule has 3 rings (SSSR count). The molecule has 9 heteroatoms. The number of hydrogen-bond donors (Lipinski definition) is 1. The third kappa shape index (κ3) is 3.71. The van der Waals surface area contributed by atoms with Crippen molar-refractivity contribution >= 4 is 17.5 Å². The monoisotopic (exact) mass is 371 g/mol. The van der Waals surface area contributed by atoms with Crippen LogP contribution in [0.5, 0.6) is 0 Å². The third-order valence-electron chi connectivity index (χ3n) is 3.87. The van der Waals surface area contributed by atoms with E-state index in [9.17, 15) is 14.0 Å². The fourth-order valence-corrected chi connectivity index (χ4v) is 2.47. The van der Waals surface area contributed by atoms with Gasteiger partial charge in [-0.05, 0) is 31.2 Å². The van der Waals surface area contributed by atoms with Gasteiger partial charge in [0.05, 0.1) is 11.9 Å². The Hall–Kier alpha value is -3.49. The standard InChI is InChI=1S/C18H18FN5O3/c1-4-24-16(18(26)23(2)3)14(10-20-24)21-17(25)13-9-15(27-22-13)11-5-7-12(19)8-6-11/h5-10H,4H2,1-3H3,(H,21,25). The van der Waals surface area contributed by atoms with Crippen molar-refractivity contribution in [2.45, 2.75) is 13.5 Å². The van der Waals surface area contributed by atoms with E-state index in [1.165, 1.54) is 46.1 Å². The molecular weight excluding hydrogens is 353 g/mol. The van der Waals surface area contributed by atoms with Gasteiger partial charge in [-0.2, -0.15) is 5.10 Å². The minimum atomic E-state index is -0.546. The molecule has 0 atom stereocenters. The molecule has 0 aliphatic rings. The maximum absolute atomic E-state index is 13.0. The maximum Gasteiger partial charge on any atom is 0.277 e. The number of benzene rings is 1. The molecule has 0 bridgehead atoms. The first kappa shape index (κ1) is 18.3. The van der Waals surface area contributed by atoms with E-state index in [0.717, 1.165) is 0 Å². The first-order chi connectivity index (χ1) is 12.9. The number of aromatic nitrogens is 3. The molecule has 0 saturated heterocycles. The number of amides is 2. The van der Waals surface area contributed by atoms with E-state index < -0.39 is 5.91 Å². The molecule has 140 valence electrons. The number of aryl methyl sites for hydroxylation is 1. The van der Waals surface area contributed by atoms with Gasteiger partial charge in [-0.1, -0.05) is 5.16 Å². The van der Waals surface area contributed by atoms with Gasteiger partial charge in [-0.15, -0.1) is 0 Å². The predicted octanol–water partition coefficient (Wildman–Crippen LogP) is 2.65. The first-order valence-electron chi connectivity index (χ1n) is 8.22. The molecule has 0 saturated carbocycles. The fourth-order valence-electron chi connectivity index (χ4n) is 2.47. The van der Waals surface area contributed by atoms with Crippen molar-refractivity contribution in [3.8, 4) is 11.3 Å². The second-order valence-electron chi connectivity index (χ2n) is 5.96. The zero-order valence-corrected chi connectivity index (χ0v) is 15.1. The Balaban J connectivity index is 1.83. The molecule has 2 aromatic heterocycles. The van der Waals surface area contributed by atoms with Crippen molar-refractivity contribution in [1.82, 2.24) is 19.8 Å². The topological polar surface area (TPSA) is 93.3 Å². The van der Waals surface area contributed by atoms with E-state index in [4.69, 9.17) is 4.52 Å². The lowest BCUT2D eigenvalue weighted by molar-refractivity contribution is 0.0816. The van der Waals surface area contributed by atoms with E-state index in [-0.39, 0.29) is 28.8 Å². The molecule has 2 amide bonds. The molecule has 0 radical (unpaired) electrons. The van der Waals surface area contributed by atoms with Gasteiger partial charge in [0.2, 0.25) is 0 Å². The Labute approximate surface area is 154 Å². The van der Waals surface area contributed by atoms with Crippen LogP contribution in [0.4, 0.5) is 10.1 Å². The van der Waals surface area contributed by atoms with Crippen molar-refractivity contribution < 1.29 is 18.5 Å². The second-order valence-corrected chi connectivity index (χ2v) is 5.96. The summed E-state index contributed by atoms with van der Waals surface area (Å²) in [7, 11) is 3.24. The molecular formula is C18H18FN5O3. The lowest BCUT2D eigenvalue weighted by Gasteiger charge is -2.13. The Morgan fingerprint density at radius 2 is 1.96 bits per heavy atom. The van der Waals surface area contributed by atoms with Gasteiger partial charge >= 0.3 is 0 Å². The summed E-state index contributed by atoms with van der Waals surface area (Å²) in [6.07, 6.45) is 1.42. The number of nitrogens with one attached hydrogen (secondary N) is 1. The van der Waals surface area contributed by atoms with E-state index in [0.29, 0.717) is 17.9 Å². The van der Waals surface area contributed by atoms with Crippen LogP contribution in [0.15, 0.2) is 41.1 Å². The zero-order valence-electron chi connectivity index (χ0n) is 15.1. The minimum absolute atomic E-state index is 0.0295. The van der Waals surface area contributed by atoms with Crippen molar-refractivity contribution in [1.29, 1.82) is 0 Å². The number of anilines is 1. The number of carbonyl (C=O) groups excluding carboxylic acids is 2. The second kappa shape index (κ2) is 7.40. The van der Waals surface area contributed by atoms with Crippen LogP contribution in [-0.4, -0.2) is 45.7 Å². The van der Waals surface area contributed by atoms with Gasteiger partial charge in [-0.3, -0.25) is 14.3 Å². The van der Waals surface area contributed by atoms with Crippen LogP contribution in [0.3, 0.4) is 0 Å². The highest BCUT2D eigenvalue weighted by atomic mass is 19.1. The van der Waals surface area contributed by atoms with Gasteiger partial charge in [0.1, 0.15) is 11.5 Å². The molecule has 1 N–H and O–H groups in total. The summed E-state index contributed by atoms with van der Waals surface area (Å²) in [5.74, 6) is -0.872. The van der Waals surface area contributed by atoms with Crippen molar-refractivity contribution in [2.75, 3.05) is 19.4 Å². The predicted molar refractivity (Wildman–Crippen MR) is 95.8 cm³/mol. The largest absolute Gasteiger partial charge is 0.355 e. The Morgan fingerprint density at radius 3 is 2.59 bits per heavy atom. The highest BCUT2D eigenvalue weighted by molar-refractivity contribution is 6.07. The van der Waals surface area contributed by atoms with Crippen molar-refractivity contribution in [3.63, 3.8) is 0 Å². The highest BCUT2D eigenvalue weighted by Gasteiger charge is 2.22. The van der Waals surface area contributed by atoms with Crippen LogP contribution < -0.4 is 5.32 Å². The maximum atomic E-state index is 13.0. The van der Waals surface area contributed by atoms with Crippen LogP contribution in [0.25, 0.3) is 11.3 Å². The van der Waals surface area contributed by atoms with Crippen LogP contribution in [-0.2, 0) is 6.54 Å². The van der Waals surface area contributed by atoms with E-state index in [1.54, 1.807) is 14.1 Å². The minimum Gasteiger partial charge on any atom is -0.355 e. The lowest BCUT2D eigenvalue weighted by Crippen LogP contribution is -2.26. The molecule has 0 fully saturated rings. The average Bonchev–Trinajstić information content (AvgIpc) is 3.28. The van der Waals surface area contributed by atoms with Crippen molar-refractivity contribution in [2.24, 2.45) is 0 Å². The molecule has 27 heavy (non-hydrogen) atoms. The summed E-state index contributed by atoms with van der Waals surface area (Å²) >= 11 is 0. The number of hydrogen-bond acceptors (Lipinski definition) is 5. The molecule has 0 spiro atoms. The zero-order chi connectivity index (χ0) is 19.6. The number of halogens is 1. The summed E-state index contributed by atoms with van der Waals surface area (Å²) in [5, 5.41) is 10.5. The van der Waals surface area contributed by atoms with Gasteiger partial charge < -0.3 is 14.7 Å². The quantitative estimate of drug-likeness (QED) is 0.744. The highest BCUT2D eigenvalue weighted by Crippen LogP contribution is 2.22. The Morgan fingerprint density at radius 1 is 1.26 bits per heavy atom. The molecule has 0 unspecified atom stereocenters. The van der Waals surface area contributed by atoms with E-state index in [1.807, 2.05) is 6.92 Å². The van der Waals surface area contributed by atoms with Crippen LogP contribution in [0.2, 0.25) is 0 Å². The third-order valence-corrected chi connectivity index (χ3v) is 3.87. The van der Waals surface area contributed by atoms with Crippen LogP contribution in [0, 0.1) is 5.82 Å². The van der Waals surface area contributed by atoms with E-state index >= 15 is 0 Å². The summed E-state index contributed by atoms with van der Waals surface area (Å²) in [4.78, 5) is 26.3. The molecule has 0 aliphatic heterocycles. The van der Waals surface area contributed by atoms with Gasteiger partial charge in [0, 0.05) is 32.3 Å². The SMILES string of the molecule is CCn1ncc(NC(=O)c2cc(-c3ccc(F)cc3)on2)c1C(=O)N(C)C. The van der Waals surface area contributed by atoms with Gasteiger partial charge in [0.25, 0.3) is 11.8 Å². The fraction of sp³-hybridized carbons (Fsp3) is 0.222. The van der Waals surface area contributed by atoms with Crippen LogP contribution in [0.1, 0.15) is 27.9 Å². The normalized spacial score (nSPS) is 10.7. The summed E-state index contributed by atoms with van der Waals surface area (Å²) in [6, 6.07) is 7.07. The van der Waals surface area contributed by atoms with Crippen LogP contribution >= 0.6 is 0 Å². The molecule has 3 aromatic rings. The van der Waals surface area contributed by atoms with Gasteiger partial charge in [-0.25, -0.2) is 4.39 Å². The number of carbonyl (C=O) groups is 2. The summed E-state index contributed by atoms with van der Waals surface area (Å²) < 4.78 is 19.7. The molecule has 1 aromatic carbocycles. The number of rotatable bonds is 5. The molecule has 0 aliphatic carbocycles. The molecule has 8 nitrogen and oxygen atoms in total. The van der Waals surface area contributed by atoms with Crippen molar-refractivity contribution in [3.05, 3.63) is 53.7 Å². The summed E-state index contributed by atoms with van der Waals surface area (Å²) in [6.45, 7) is 2.32.